The zero-order chi connectivity index (χ0) is 11.1. The summed E-state index contributed by atoms with van der Waals surface area (Å²) in [5.41, 5.74) is 0. The summed E-state index contributed by atoms with van der Waals surface area (Å²) in [7, 11) is -2.55. The number of hydrogen-bond acceptors (Lipinski definition) is 2. The SMILES string of the molecule is [2H]C([2H])(C(=O)[O-])C([2H])([2H])[Si](C)(C)C. The summed E-state index contributed by atoms with van der Waals surface area (Å²) in [5.74, 6) is -4.32. The number of aliphatic carboxylic acids is 1. The second kappa shape index (κ2) is 3.01. The molecule has 0 fully saturated rings. The van der Waals surface area contributed by atoms with E-state index in [9.17, 15) is 9.90 Å². The minimum absolute atomic E-state index is 1.58. The highest BCUT2D eigenvalue weighted by Crippen LogP contribution is 2.09. The first kappa shape index (κ1) is 3.76. The molecule has 0 aromatic carbocycles. The van der Waals surface area contributed by atoms with E-state index < -0.39 is 26.4 Å². The van der Waals surface area contributed by atoms with Crippen LogP contribution < -0.4 is 5.11 Å². The van der Waals surface area contributed by atoms with Crippen LogP contribution in [0.2, 0.25) is 25.6 Å². The van der Waals surface area contributed by atoms with Crippen molar-refractivity contribution in [3.63, 3.8) is 0 Å². The summed E-state index contributed by atoms with van der Waals surface area (Å²) in [6.45, 7) is 4.73. The molecule has 0 aliphatic rings. The van der Waals surface area contributed by atoms with Crippen molar-refractivity contribution in [1.82, 2.24) is 0 Å². The fourth-order valence-corrected chi connectivity index (χ4v) is 0.716. The molecule has 0 N–H and O–H groups in total. The summed E-state index contributed by atoms with van der Waals surface area (Å²) in [6.07, 6.45) is -2.92. The lowest BCUT2D eigenvalue weighted by atomic mass is 10.5. The van der Waals surface area contributed by atoms with Crippen molar-refractivity contribution in [2.24, 2.45) is 0 Å². The van der Waals surface area contributed by atoms with Crippen LogP contribution in [0.3, 0.4) is 0 Å². The Balaban J connectivity index is 5.16. The third-order valence-corrected chi connectivity index (χ3v) is 1.41. The van der Waals surface area contributed by atoms with E-state index in [0.717, 1.165) is 0 Å². The Bertz CT molecular complexity index is 221. The predicted molar refractivity (Wildman–Crippen MR) is 37.8 cm³/mol. The Morgan fingerprint density at radius 2 is 2.11 bits per heavy atom. The molecule has 0 aliphatic heterocycles. The Labute approximate surface area is 62.5 Å². The molecule has 0 radical (unpaired) electrons. The van der Waals surface area contributed by atoms with Crippen LogP contribution in [-0.4, -0.2) is 14.0 Å². The molecule has 0 unspecified atom stereocenters. The van der Waals surface area contributed by atoms with Gasteiger partial charge in [0.25, 0.3) is 0 Å². The molecule has 0 saturated heterocycles. The number of carboxylic acid groups (broad SMARTS) is 1. The van der Waals surface area contributed by atoms with Crippen LogP contribution in [0.25, 0.3) is 0 Å². The summed E-state index contributed by atoms with van der Waals surface area (Å²) in [4.78, 5) is 10.4. The normalized spacial score (nSPS) is 21.2. The van der Waals surface area contributed by atoms with Crippen molar-refractivity contribution < 1.29 is 15.4 Å². The maximum Gasteiger partial charge on any atom is 0.0446 e. The van der Waals surface area contributed by atoms with Crippen molar-refractivity contribution in [3.8, 4) is 0 Å². The first-order chi connectivity index (χ1) is 5.44. The van der Waals surface area contributed by atoms with Crippen LogP contribution in [0.1, 0.15) is 11.9 Å². The van der Waals surface area contributed by atoms with Crippen molar-refractivity contribution in [2.75, 3.05) is 0 Å². The van der Waals surface area contributed by atoms with Crippen LogP contribution in [0.4, 0.5) is 0 Å². The van der Waals surface area contributed by atoms with Crippen molar-refractivity contribution >= 4 is 14.0 Å². The van der Waals surface area contributed by atoms with E-state index in [-0.39, 0.29) is 0 Å². The lowest BCUT2D eigenvalue weighted by Gasteiger charge is -2.14. The van der Waals surface area contributed by atoms with Crippen LogP contribution in [0.15, 0.2) is 0 Å². The van der Waals surface area contributed by atoms with Gasteiger partial charge in [0.15, 0.2) is 0 Å². The standard InChI is InChI=1S/C6H14O2Si/c1-9(2,3)5-4-6(7)8/h4-5H2,1-3H3,(H,7,8)/p-1/i4D2,5D2. The summed E-state index contributed by atoms with van der Waals surface area (Å²) in [6, 6.07) is 0. The summed E-state index contributed by atoms with van der Waals surface area (Å²) in [5, 5.41) is 10.4. The van der Waals surface area contributed by atoms with Gasteiger partial charge in [0.1, 0.15) is 0 Å². The van der Waals surface area contributed by atoms with E-state index in [1.54, 1.807) is 19.6 Å². The average Bonchev–Trinajstić information content (AvgIpc) is 1.84. The molecule has 2 nitrogen and oxygen atoms in total. The number of rotatable bonds is 3. The Hall–Kier alpha value is -0.313. The number of hydrogen-bond donors (Lipinski definition) is 0. The van der Waals surface area contributed by atoms with E-state index in [0.29, 0.717) is 0 Å². The van der Waals surface area contributed by atoms with E-state index >= 15 is 0 Å². The zero-order valence-electron chi connectivity index (χ0n) is 9.82. The molecule has 0 aromatic heterocycles. The largest absolute Gasteiger partial charge is 0.550 e. The monoisotopic (exact) mass is 149 g/mol. The minimum Gasteiger partial charge on any atom is -0.550 e. The Kier molecular flexibility index (Phi) is 1.26. The predicted octanol–water partition coefficient (Wildman–Crippen LogP) is 0.465. The first-order valence-corrected chi connectivity index (χ1v) is 6.16. The molecule has 0 atom stereocenters. The number of carbonyl (C=O) groups is 1. The van der Waals surface area contributed by atoms with Gasteiger partial charge in [-0.3, -0.25) is 0 Å². The fraction of sp³-hybridized carbons (Fsp3) is 0.833. The first-order valence-electron chi connectivity index (χ1n) is 4.66. The smallest absolute Gasteiger partial charge is 0.0446 e. The molecule has 0 amide bonds. The Morgan fingerprint density at radius 1 is 1.67 bits per heavy atom. The zero-order valence-corrected chi connectivity index (χ0v) is 6.82. The van der Waals surface area contributed by atoms with Gasteiger partial charge in [-0.15, -0.1) is 0 Å². The van der Waals surface area contributed by atoms with Gasteiger partial charge in [0, 0.05) is 19.5 Å². The molecule has 0 bridgehead atoms. The van der Waals surface area contributed by atoms with E-state index in [2.05, 4.69) is 0 Å². The molecule has 0 aliphatic carbocycles. The number of carbonyl (C=O) groups excluding carboxylic acids is 1. The lowest BCUT2D eigenvalue weighted by molar-refractivity contribution is -0.305. The van der Waals surface area contributed by atoms with E-state index in [1.807, 2.05) is 0 Å². The lowest BCUT2D eigenvalue weighted by Crippen LogP contribution is -2.27. The van der Waals surface area contributed by atoms with Gasteiger partial charge in [-0.05, 0) is 6.37 Å². The van der Waals surface area contributed by atoms with Crippen LogP contribution in [0, 0.1) is 0 Å². The molecule has 0 rings (SSSR count). The van der Waals surface area contributed by atoms with Crippen LogP contribution in [0.5, 0.6) is 0 Å². The van der Waals surface area contributed by atoms with Crippen molar-refractivity contribution in [1.29, 1.82) is 0 Å². The molecule has 0 heterocycles. The van der Waals surface area contributed by atoms with Gasteiger partial charge in [-0.25, -0.2) is 0 Å². The summed E-state index contributed by atoms with van der Waals surface area (Å²) >= 11 is 0. The van der Waals surface area contributed by atoms with Crippen molar-refractivity contribution in [3.05, 3.63) is 0 Å². The van der Waals surface area contributed by atoms with Gasteiger partial charge in [0.2, 0.25) is 0 Å². The highest BCUT2D eigenvalue weighted by molar-refractivity contribution is 6.76. The van der Waals surface area contributed by atoms with Crippen LogP contribution in [-0.2, 0) is 4.79 Å². The van der Waals surface area contributed by atoms with E-state index in [1.165, 1.54) is 0 Å². The highest BCUT2D eigenvalue weighted by Gasteiger charge is 2.11. The van der Waals surface area contributed by atoms with Gasteiger partial charge in [-0.2, -0.15) is 0 Å². The minimum atomic E-state index is -2.92. The number of carboxylic acids is 1. The third kappa shape index (κ3) is 7.69. The topological polar surface area (TPSA) is 40.1 Å². The quantitative estimate of drug-likeness (QED) is 0.547. The maximum absolute atomic E-state index is 10.4. The molecular formula is C6H13O2Si-. The second-order valence-corrected chi connectivity index (χ2v) is 7.54. The van der Waals surface area contributed by atoms with E-state index in [4.69, 9.17) is 5.48 Å². The molecule has 0 spiro atoms. The third-order valence-electron chi connectivity index (χ3n) is 0.540. The Morgan fingerprint density at radius 3 is 2.22 bits per heavy atom. The molecule has 54 valence electrons. The fourth-order valence-electron chi connectivity index (χ4n) is 0.239. The maximum atomic E-state index is 10.4. The average molecular weight is 149 g/mol. The van der Waals surface area contributed by atoms with Gasteiger partial charge in [0.05, 0.1) is 0 Å². The molecule has 3 heteroatoms. The molecule has 9 heavy (non-hydrogen) atoms. The molecular weight excluding hydrogens is 132 g/mol. The van der Waals surface area contributed by atoms with Gasteiger partial charge >= 0.3 is 0 Å². The molecule has 0 saturated carbocycles. The van der Waals surface area contributed by atoms with Gasteiger partial charge < -0.3 is 9.90 Å². The molecule has 0 aromatic rings. The summed E-state index contributed by atoms with van der Waals surface area (Å²) < 4.78 is 29.1. The highest BCUT2D eigenvalue weighted by atomic mass is 28.3. The van der Waals surface area contributed by atoms with Crippen LogP contribution >= 0.6 is 0 Å². The van der Waals surface area contributed by atoms with Crippen molar-refractivity contribution in [2.45, 2.75) is 32.0 Å². The van der Waals surface area contributed by atoms with Gasteiger partial charge in [-0.1, -0.05) is 25.6 Å². The second-order valence-electron chi connectivity index (χ2n) is 2.79.